The fourth-order valence-corrected chi connectivity index (χ4v) is 7.12. The van der Waals surface area contributed by atoms with Crippen LogP contribution in [0.5, 0.6) is 0 Å². The number of aromatic amines is 1. The molecule has 1 atom stereocenters. The van der Waals surface area contributed by atoms with Gasteiger partial charge in [0.25, 0.3) is 0 Å². The zero-order chi connectivity index (χ0) is 31.0. The van der Waals surface area contributed by atoms with Gasteiger partial charge in [0.1, 0.15) is 5.82 Å². The molecular weight excluding hydrogens is 615 g/mol. The number of aromatic nitrogens is 2. The van der Waals surface area contributed by atoms with E-state index < -0.39 is 16.1 Å². The van der Waals surface area contributed by atoms with Crippen molar-refractivity contribution < 1.29 is 13.5 Å². The van der Waals surface area contributed by atoms with Crippen molar-refractivity contribution in [2.24, 2.45) is 5.92 Å². The molecule has 0 fully saturated rings. The number of hydrogen-bond acceptors (Lipinski definition) is 4. The lowest BCUT2D eigenvalue weighted by molar-refractivity contribution is 0.392. The van der Waals surface area contributed by atoms with Gasteiger partial charge in [-0.15, -0.1) is 0 Å². The first-order chi connectivity index (χ1) is 21.1. The van der Waals surface area contributed by atoms with Gasteiger partial charge in [-0.2, -0.15) is 8.42 Å². The van der Waals surface area contributed by atoms with Crippen LogP contribution in [-0.2, 0) is 16.6 Å². The van der Waals surface area contributed by atoms with Gasteiger partial charge in [-0.25, -0.2) is 14.0 Å². The standard InChI is InChI=1S/C34H30Cl2N4O3S/c1-21(2)17-22-3-5-23(6-4-22)24-7-9-25(10-8-24)33(34-37-15-16-38-34)26-11-13-29(28-14-12-27(35)19-30(28)36)31(18-26)40-20-32(41)39-44(40,42)43/h3-16,18-21,33,39,41H,17H2,1-2H3,(H,37,38). The number of aliphatic hydroxyl groups excluding tert-OH is 1. The maximum Gasteiger partial charge on any atom is 0.330 e. The Morgan fingerprint density at radius 3 is 2.11 bits per heavy atom. The summed E-state index contributed by atoms with van der Waals surface area (Å²) in [6.07, 6.45) is 5.62. The van der Waals surface area contributed by atoms with Crippen molar-refractivity contribution in [3.05, 3.63) is 142 Å². The Morgan fingerprint density at radius 1 is 0.864 bits per heavy atom. The molecule has 224 valence electrons. The molecule has 44 heavy (non-hydrogen) atoms. The van der Waals surface area contributed by atoms with E-state index in [1.165, 1.54) is 5.56 Å². The van der Waals surface area contributed by atoms with E-state index in [4.69, 9.17) is 23.2 Å². The summed E-state index contributed by atoms with van der Waals surface area (Å²) in [6, 6.07) is 27.5. The molecule has 4 aromatic carbocycles. The Hall–Kier alpha value is -4.24. The molecule has 1 aliphatic rings. The largest absolute Gasteiger partial charge is 0.493 e. The predicted molar refractivity (Wildman–Crippen MR) is 177 cm³/mol. The highest BCUT2D eigenvalue weighted by atomic mass is 35.5. The third-order valence-corrected chi connectivity index (χ3v) is 9.35. The summed E-state index contributed by atoms with van der Waals surface area (Å²) in [7, 11) is -4.10. The third kappa shape index (κ3) is 6.06. The lowest BCUT2D eigenvalue weighted by Gasteiger charge is -2.23. The topological polar surface area (TPSA) is 98.3 Å². The lowest BCUT2D eigenvalue weighted by atomic mass is 9.87. The van der Waals surface area contributed by atoms with Crippen molar-refractivity contribution >= 4 is 39.1 Å². The Morgan fingerprint density at radius 2 is 1.52 bits per heavy atom. The molecule has 0 amide bonds. The quantitative estimate of drug-likeness (QED) is 0.158. The summed E-state index contributed by atoms with van der Waals surface area (Å²) in [5, 5.41) is 10.9. The van der Waals surface area contributed by atoms with E-state index in [0.29, 0.717) is 38.6 Å². The molecule has 0 saturated heterocycles. The number of nitrogens with one attached hydrogen (secondary N) is 2. The van der Waals surface area contributed by atoms with Crippen LogP contribution in [0.2, 0.25) is 10.0 Å². The smallest absolute Gasteiger partial charge is 0.330 e. The summed E-state index contributed by atoms with van der Waals surface area (Å²) in [5.41, 5.74) is 6.71. The first-order valence-corrected chi connectivity index (χ1v) is 16.3. The summed E-state index contributed by atoms with van der Waals surface area (Å²) >= 11 is 12.7. The zero-order valence-corrected chi connectivity index (χ0v) is 26.3. The van der Waals surface area contributed by atoms with Gasteiger partial charge < -0.3 is 10.1 Å². The van der Waals surface area contributed by atoms with Crippen LogP contribution in [-0.4, -0.2) is 23.5 Å². The predicted octanol–water partition coefficient (Wildman–Crippen LogP) is 8.44. The highest BCUT2D eigenvalue weighted by molar-refractivity contribution is 7.91. The molecule has 0 spiro atoms. The van der Waals surface area contributed by atoms with Crippen LogP contribution in [0.1, 0.15) is 42.3 Å². The lowest BCUT2D eigenvalue weighted by Crippen LogP contribution is -2.30. The number of benzene rings is 4. The molecule has 0 radical (unpaired) electrons. The Kier molecular flexibility index (Phi) is 8.16. The van der Waals surface area contributed by atoms with Crippen LogP contribution in [0.3, 0.4) is 0 Å². The van der Waals surface area contributed by atoms with Gasteiger partial charge in [-0.3, -0.25) is 0 Å². The van der Waals surface area contributed by atoms with Gasteiger partial charge in [0, 0.05) is 33.6 Å². The van der Waals surface area contributed by atoms with Crippen LogP contribution < -0.4 is 9.03 Å². The number of imidazole rings is 1. The van der Waals surface area contributed by atoms with Crippen molar-refractivity contribution in [3.8, 4) is 22.3 Å². The fourth-order valence-electron chi connectivity index (χ4n) is 5.55. The summed E-state index contributed by atoms with van der Waals surface area (Å²) < 4.78 is 29.2. The maximum atomic E-state index is 13.1. The third-order valence-electron chi connectivity index (χ3n) is 7.51. The number of aliphatic hydroxyl groups is 1. The van der Waals surface area contributed by atoms with Crippen LogP contribution in [0, 0.1) is 5.92 Å². The molecule has 1 aliphatic heterocycles. The number of nitrogens with zero attached hydrogens (tertiary/aromatic N) is 2. The second kappa shape index (κ2) is 12.0. The zero-order valence-electron chi connectivity index (χ0n) is 24.0. The average molecular weight is 646 g/mol. The summed E-state index contributed by atoms with van der Waals surface area (Å²) in [4.78, 5) is 7.80. The van der Waals surface area contributed by atoms with Crippen molar-refractivity contribution in [2.45, 2.75) is 26.2 Å². The Bertz CT molecular complexity index is 1940. The highest BCUT2D eigenvalue weighted by Gasteiger charge is 2.32. The van der Waals surface area contributed by atoms with Gasteiger partial charge in [0.05, 0.1) is 17.8 Å². The number of H-pyrrole nitrogens is 1. The van der Waals surface area contributed by atoms with E-state index in [9.17, 15) is 13.5 Å². The second-order valence-corrected chi connectivity index (χ2v) is 13.5. The molecule has 3 N–H and O–H groups in total. The number of rotatable bonds is 8. The second-order valence-electron chi connectivity index (χ2n) is 11.1. The molecular formula is C34H30Cl2N4O3S. The monoisotopic (exact) mass is 644 g/mol. The van der Waals surface area contributed by atoms with Crippen molar-refractivity contribution in [2.75, 3.05) is 4.31 Å². The molecule has 7 nitrogen and oxygen atoms in total. The first kappa shape index (κ1) is 29.8. The summed E-state index contributed by atoms with van der Waals surface area (Å²) in [5.74, 6) is 0.454. The fraction of sp³-hybridized carbons (Fsp3) is 0.147. The van der Waals surface area contributed by atoms with E-state index in [1.807, 2.05) is 12.1 Å². The molecule has 5 aromatic rings. The average Bonchev–Trinajstić information content (AvgIpc) is 3.60. The van der Waals surface area contributed by atoms with Crippen LogP contribution >= 0.6 is 23.2 Å². The molecule has 6 rings (SSSR count). The minimum absolute atomic E-state index is 0.304. The molecule has 1 aromatic heterocycles. The molecule has 0 aliphatic carbocycles. The van der Waals surface area contributed by atoms with Crippen molar-refractivity contribution in [3.63, 3.8) is 0 Å². The minimum Gasteiger partial charge on any atom is -0.493 e. The number of hydrogen-bond donors (Lipinski definition) is 3. The van der Waals surface area contributed by atoms with Crippen molar-refractivity contribution in [1.29, 1.82) is 0 Å². The normalized spacial score (nSPS) is 14.8. The van der Waals surface area contributed by atoms with Gasteiger partial charge in [-0.1, -0.05) is 104 Å². The van der Waals surface area contributed by atoms with Crippen molar-refractivity contribution in [1.82, 2.24) is 14.7 Å². The van der Waals surface area contributed by atoms with Gasteiger partial charge in [0.15, 0.2) is 0 Å². The molecule has 1 unspecified atom stereocenters. The SMILES string of the molecule is CC(C)Cc1ccc(-c2ccc(C(c3ccc(-c4ccc(Cl)cc4Cl)c(N4C=C(O)NS4(=O)=O)c3)c3ncc[nH]3)cc2)cc1. The molecule has 0 saturated carbocycles. The van der Waals surface area contributed by atoms with E-state index in [1.54, 1.807) is 36.7 Å². The van der Waals surface area contributed by atoms with Crippen LogP contribution in [0.4, 0.5) is 5.69 Å². The minimum atomic E-state index is -4.10. The van der Waals surface area contributed by atoms with E-state index >= 15 is 0 Å². The first-order valence-electron chi connectivity index (χ1n) is 14.1. The number of halogens is 2. The Balaban J connectivity index is 1.44. The van der Waals surface area contributed by atoms with E-state index in [-0.39, 0.29) is 5.92 Å². The van der Waals surface area contributed by atoms with Crippen LogP contribution in [0.25, 0.3) is 22.3 Å². The molecule has 10 heteroatoms. The van der Waals surface area contributed by atoms with E-state index in [2.05, 4.69) is 77.1 Å². The van der Waals surface area contributed by atoms with Gasteiger partial charge >= 0.3 is 10.2 Å². The van der Waals surface area contributed by atoms with Gasteiger partial charge in [0.2, 0.25) is 5.88 Å². The molecule has 2 heterocycles. The maximum absolute atomic E-state index is 13.1. The van der Waals surface area contributed by atoms with Crippen LogP contribution in [0.15, 0.2) is 109 Å². The summed E-state index contributed by atoms with van der Waals surface area (Å²) in [6.45, 7) is 4.43. The van der Waals surface area contributed by atoms with Gasteiger partial charge in [-0.05, 0) is 58.4 Å². The Labute approximate surface area is 267 Å². The highest BCUT2D eigenvalue weighted by Crippen LogP contribution is 2.42. The van der Waals surface area contributed by atoms with E-state index in [0.717, 1.165) is 39.2 Å². The number of anilines is 1. The molecule has 0 bridgehead atoms.